The molecule has 1 aromatic rings. The van der Waals surface area contributed by atoms with Crippen molar-refractivity contribution in [1.82, 2.24) is 14.9 Å². The van der Waals surface area contributed by atoms with Crippen LogP contribution in [0.1, 0.15) is 35.9 Å². The van der Waals surface area contributed by atoms with Gasteiger partial charge in [0.25, 0.3) is 0 Å². The normalized spacial score (nSPS) is 24.2. The van der Waals surface area contributed by atoms with E-state index in [0.29, 0.717) is 23.7 Å². The number of carbonyl (C=O) groups is 1. The minimum atomic E-state index is -1.02. The van der Waals surface area contributed by atoms with Crippen molar-refractivity contribution in [3.05, 3.63) is 17.5 Å². The number of anilines is 1. The number of nitrogens with zero attached hydrogens (tertiary/aromatic N) is 3. The van der Waals surface area contributed by atoms with Crippen molar-refractivity contribution in [3.8, 4) is 0 Å². The van der Waals surface area contributed by atoms with E-state index in [9.17, 15) is 4.79 Å². The van der Waals surface area contributed by atoms with Crippen LogP contribution in [0.4, 0.5) is 5.95 Å². The van der Waals surface area contributed by atoms with Crippen LogP contribution in [0, 0.1) is 6.92 Å². The van der Waals surface area contributed by atoms with Crippen LogP contribution in [0.25, 0.3) is 0 Å². The molecule has 2 rings (SSSR count). The Morgan fingerprint density at radius 2 is 2.26 bits per heavy atom. The van der Waals surface area contributed by atoms with E-state index in [1.807, 2.05) is 0 Å². The van der Waals surface area contributed by atoms with Gasteiger partial charge in [-0.2, -0.15) is 0 Å². The molecule has 6 nitrogen and oxygen atoms in total. The molecule has 104 valence electrons. The van der Waals surface area contributed by atoms with Gasteiger partial charge in [-0.3, -0.25) is 0 Å². The first-order valence-corrected chi connectivity index (χ1v) is 6.51. The summed E-state index contributed by atoms with van der Waals surface area (Å²) < 4.78 is 0. The molecule has 0 bridgehead atoms. The van der Waals surface area contributed by atoms with E-state index in [0.717, 1.165) is 19.4 Å². The zero-order valence-corrected chi connectivity index (χ0v) is 11.6. The minimum absolute atomic E-state index is 0.0379. The number of piperidine rings is 1. The molecular formula is C13H20N4O2. The average molecular weight is 264 g/mol. The van der Waals surface area contributed by atoms with Gasteiger partial charge in [0.1, 0.15) is 0 Å². The van der Waals surface area contributed by atoms with E-state index >= 15 is 0 Å². The lowest BCUT2D eigenvalue weighted by Gasteiger charge is -2.35. The summed E-state index contributed by atoms with van der Waals surface area (Å²) in [6.07, 6.45) is 2.02. The van der Waals surface area contributed by atoms with Gasteiger partial charge in [-0.15, -0.1) is 0 Å². The number of aromatic carboxylic acids is 1. The minimum Gasteiger partial charge on any atom is -0.477 e. The van der Waals surface area contributed by atoms with Crippen molar-refractivity contribution < 1.29 is 9.90 Å². The summed E-state index contributed by atoms with van der Waals surface area (Å²) in [7, 11) is 2.12. The van der Waals surface area contributed by atoms with E-state index in [2.05, 4.69) is 34.2 Å². The summed E-state index contributed by atoms with van der Waals surface area (Å²) in [4.78, 5) is 21.6. The Morgan fingerprint density at radius 1 is 1.53 bits per heavy atom. The highest BCUT2D eigenvalue weighted by atomic mass is 16.4. The number of carboxylic acid groups (broad SMARTS) is 1. The molecule has 0 spiro atoms. The van der Waals surface area contributed by atoms with Crippen LogP contribution in [-0.2, 0) is 0 Å². The third-order valence-electron chi connectivity index (χ3n) is 3.61. The van der Waals surface area contributed by atoms with Crippen molar-refractivity contribution in [1.29, 1.82) is 0 Å². The molecule has 2 atom stereocenters. The van der Waals surface area contributed by atoms with Gasteiger partial charge in [0.15, 0.2) is 5.69 Å². The summed E-state index contributed by atoms with van der Waals surface area (Å²) in [6, 6.07) is 2.29. The van der Waals surface area contributed by atoms with E-state index in [1.165, 1.54) is 6.07 Å². The van der Waals surface area contributed by atoms with Gasteiger partial charge in [0, 0.05) is 24.3 Å². The van der Waals surface area contributed by atoms with Crippen molar-refractivity contribution in [2.75, 3.05) is 18.9 Å². The molecule has 2 heterocycles. The highest BCUT2D eigenvalue weighted by Crippen LogP contribution is 2.18. The quantitative estimate of drug-likeness (QED) is 0.858. The predicted molar refractivity (Wildman–Crippen MR) is 72.5 cm³/mol. The van der Waals surface area contributed by atoms with Crippen LogP contribution >= 0.6 is 0 Å². The lowest BCUT2D eigenvalue weighted by Crippen LogP contribution is -2.42. The molecule has 0 radical (unpaired) electrons. The first-order chi connectivity index (χ1) is 8.95. The van der Waals surface area contributed by atoms with Crippen LogP contribution in [0.2, 0.25) is 0 Å². The summed E-state index contributed by atoms with van der Waals surface area (Å²) in [5.74, 6) is -0.607. The van der Waals surface area contributed by atoms with Gasteiger partial charge in [0.05, 0.1) is 0 Å². The molecule has 1 aromatic heterocycles. The molecule has 0 aromatic carbocycles. The average Bonchev–Trinajstić information content (AvgIpc) is 2.33. The molecule has 1 fully saturated rings. The Morgan fingerprint density at radius 3 is 2.89 bits per heavy atom. The van der Waals surface area contributed by atoms with E-state index in [1.54, 1.807) is 6.92 Å². The lowest BCUT2D eigenvalue weighted by atomic mass is 9.99. The number of carboxylic acids is 1. The summed E-state index contributed by atoms with van der Waals surface area (Å²) >= 11 is 0. The second kappa shape index (κ2) is 5.52. The Kier molecular flexibility index (Phi) is 3.99. The number of hydrogen-bond acceptors (Lipinski definition) is 5. The largest absolute Gasteiger partial charge is 0.477 e. The molecule has 0 aliphatic carbocycles. The van der Waals surface area contributed by atoms with Gasteiger partial charge in [-0.05, 0) is 39.8 Å². The highest BCUT2D eigenvalue weighted by Gasteiger charge is 2.23. The van der Waals surface area contributed by atoms with Crippen LogP contribution in [0.3, 0.4) is 0 Å². The van der Waals surface area contributed by atoms with Crippen molar-refractivity contribution >= 4 is 11.9 Å². The zero-order valence-electron chi connectivity index (χ0n) is 11.6. The Balaban J connectivity index is 2.09. The van der Waals surface area contributed by atoms with E-state index in [-0.39, 0.29) is 5.69 Å². The molecule has 1 aliphatic heterocycles. The van der Waals surface area contributed by atoms with Crippen LogP contribution < -0.4 is 5.32 Å². The number of rotatable bonds is 3. The molecular weight excluding hydrogens is 244 g/mol. The summed E-state index contributed by atoms with van der Waals surface area (Å²) in [5, 5.41) is 12.2. The number of nitrogens with one attached hydrogen (secondary N) is 1. The molecule has 1 aliphatic rings. The number of aromatic nitrogens is 2. The molecule has 1 saturated heterocycles. The van der Waals surface area contributed by atoms with Crippen molar-refractivity contribution in [3.63, 3.8) is 0 Å². The van der Waals surface area contributed by atoms with Crippen molar-refractivity contribution in [2.45, 2.75) is 38.8 Å². The van der Waals surface area contributed by atoms with Crippen LogP contribution in [-0.4, -0.2) is 51.6 Å². The Bertz CT molecular complexity index is 478. The predicted octanol–water partition coefficient (Wildman–Crippen LogP) is 1.38. The molecule has 2 N–H and O–H groups in total. The Hall–Kier alpha value is -1.69. The first-order valence-electron chi connectivity index (χ1n) is 6.51. The van der Waals surface area contributed by atoms with Crippen molar-refractivity contribution in [2.24, 2.45) is 0 Å². The fraction of sp³-hybridized carbons (Fsp3) is 0.615. The number of likely N-dealkylation sites (tertiary alicyclic amines) is 1. The highest BCUT2D eigenvalue weighted by molar-refractivity contribution is 5.85. The third-order valence-corrected chi connectivity index (χ3v) is 3.61. The maximum atomic E-state index is 11.0. The van der Waals surface area contributed by atoms with Gasteiger partial charge in [-0.25, -0.2) is 14.8 Å². The zero-order chi connectivity index (χ0) is 14.0. The fourth-order valence-corrected chi connectivity index (χ4v) is 2.35. The van der Waals surface area contributed by atoms with Crippen LogP contribution in [0.15, 0.2) is 6.07 Å². The second-order valence-electron chi connectivity index (χ2n) is 5.22. The maximum Gasteiger partial charge on any atom is 0.354 e. The molecule has 0 amide bonds. The smallest absolute Gasteiger partial charge is 0.354 e. The standard InChI is InChI=1S/C13H20N4O2/c1-8-6-11(12(18)19)16-13(14-8)15-10-4-5-17(3)9(2)7-10/h6,9-10H,4-5,7H2,1-3H3,(H,18,19)(H,14,15,16). The van der Waals surface area contributed by atoms with Gasteiger partial charge in [-0.1, -0.05) is 0 Å². The summed E-state index contributed by atoms with van der Waals surface area (Å²) in [5.41, 5.74) is 0.701. The topological polar surface area (TPSA) is 78.3 Å². The van der Waals surface area contributed by atoms with Crippen LogP contribution in [0.5, 0.6) is 0 Å². The van der Waals surface area contributed by atoms with Gasteiger partial charge in [0.2, 0.25) is 5.95 Å². The second-order valence-corrected chi connectivity index (χ2v) is 5.22. The monoisotopic (exact) mass is 264 g/mol. The van der Waals surface area contributed by atoms with E-state index in [4.69, 9.17) is 5.11 Å². The van der Waals surface area contributed by atoms with Gasteiger partial charge >= 0.3 is 5.97 Å². The number of hydrogen-bond donors (Lipinski definition) is 2. The lowest BCUT2D eigenvalue weighted by molar-refractivity contribution is 0.0690. The first kappa shape index (κ1) is 13.7. The van der Waals surface area contributed by atoms with E-state index < -0.39 is 5.97 Å². The van der Waals surface area contributed by atoms with Gasteiger partial charge < -0.3 is 15.3 Å². The molecule has 6 heteroatoms. The third kappa shape index (κ3) is 3.41. The molecule has 2 unspecified atom stereocenters. The number of aryl methyl sites for hydroxylation is 1. The maximum absolute atomic E-state index is 11.0. The molecule has 0 saturated carbocycles. The molecule has 19 heavy (non-hydrogen) atoms. The fourth-order valence-electron chi connectivity index (χ4n) is 2.35. The summed E-state index contributed by atoms with van der Waals surface area (Å²) in [6.45, 7) is 4.99. The SMILES string of the molecule is Cc1cc(C(=O)O)nc(NC2CCN(C)C(C)C2)n1. The Labute approximate surface area is 112 Å².